The smallest absolute Gasteiger partial charge is 0.0793 e. The molecule has 2 aliphatic heterocycles. The van der Waals surface area contributed by atoms with Crippen LogP contribution >= 0.6 is 0 Å². The lowest BCUT2D eigenvalue weighted by atomic mass is 9.73. The van der Waals surface area contributed by atoms with Crippen LogP contribution in [-0.4, -0.2) is 72.5 Å². The predicted octanol–water partition coefficient (Wildman–Crippen LogP) is 2.11. The van der Waals surface area contributed by atoms with Crippen molar-refractivity contribution in [2.75, 3.05) is 39.3 Å². The topological polar surface area (TPSA) is 35.9 Å². The van der Waals surface area contributed by atoms with Crippen LogP contribution in [0.3, 0.4) is 0 Å². The van der Waals surface area contributed by atoms with E-state index in [0.29, 0.717) is 5.41 Å². The Balaban J connectivity index is 1.43. The molecule has 0 bridgehead atoms. The van der Waals surface area contributed by atoms with Crippen molar-refractivity contribution in [1.29, 1.82) is 0 Å². The second-order valence-electron chi connectivity index (χ2n) is 8.18. The number of aliphatic hydroxyl groups is 1. The molecule has 128 valence electrons. The van der Waals surface area contributed by atoms with Crippen LogP contribution in [0.4, 0.5) is 0 Å². The molecule has 1 aliphatic carbocycles. The van der Waals surface area contributed by atoms with Crippen molar-refractivity contribution in [3.05, 3.63) is 0 Å². The highest BCUT2D eigenvalue weighted by atomic mass is 16.5. The molecule has 1 saturated carbocycles. The molecule has 0 aromatic heterocycles. The van der Waals surface area contributed by atoms with E-state index < -0.39 is 0 Å². The quantitative estimate of drug-likeness (QED) is 0.863. The number of morpholine rings is 1. The fourth-order valence-corrected chi connectivity index (χ4v) is 4.98. The first kappa shape index (κ1) is 16.7. The average molecular weight is 310 g/mol. The van der Waals surface area contributed by atoms with Gasteiger partial charge in [0, 0.05) is 32.7 Å². The highest BCUT2D eigenvalue weighted by Gasteiger charge is 2.39. The van der Waals surface area contributed by atoms with Crippen molar-refractivity contribution >= 4 is 0 Å². The first-order valence-corrected chi connectivity index (χ1v) is 9.33. The van der Waals surface area contributed by atoms with Gasteiger partial charge in [0.05, 0.1) is 18.3 Å². The van der Waals surface area contributed by atoms with E-state index in [9.17, 15) is 5.11 Å². The van der Waals surface area contributed by atoms with Crippen LogP contribution in [0.2, 0.25) is 0 Å². The highest BCUT2D eigenvalue weighted by molar-refractivity contribution is 4.92. The SMILES string of the molecule is CC1CN(CC(O)CN2CCC3(CCCCC3)C2)CC(C)O1. The Labute approximate surface area is 135 Å². The Morgan fingerprint density at radius 3 is 2.32 bits per heavy atom. The van der Waals surface area contributed by atoms with Gasteiger partial charge in [-0.05, 0) is 45.1 Å². The summed E-state index contributed by atoms with van der Waals surface area (Å²) in [5.74, 6) is 0. The van der Waals surface area contributed by atoms with E-state index in [4.69, 9.17) is 4.74 Å². The Kier molecular flexibility index (Phi) is 5.43. The van der Waals surface area contributed by atoms with Crippen LogP contribution in [0.5, 0.6) is 0 Å². The van der Waals surface area contributed by atoms with Gasteiger partial charge in [0.15, 0.2) is 0 Å². The number of rotatable bonds is 4. The molecule has 3 rings (SSSR count). The van der Waals surface area contributed by atoms with Gasteiger partial charge in [-0.3, -0.25) is 4.90 Å². The molecule has 0 amide bonds. The summed E-state index contributed by atoms with van der Waals surface area (Å²) in [7, 11) is 0. The molecule has 3 atom stereocenters. The normalized spacial score (nSPS) is 35.0. The number of nitrogens with zero attached hydrogens (tertiary/aromatic N) is 2. The molecule has 1 N–H and O–H groups in total. The van der Waals surface area contributed by atoms with Gasteiger partial charge in [0.25, 0.3) is 0 Å². The zero-order valence-electron chi connectivity index (χ0n) is 14.5. The molecule has 0 aromatic carbocycles. The summed E-state index contributed by atoms with van der Waals surface area (Å²) in [5, 5.41) is 10.5. The van der Waals surface area contributed by atoms with Crippen LogP contribution in [0.1, 0.15) is 52.4 Å². The third kappa shape index (κ3) is 4.22. The fraction of sp³-hybridized carbons (Fsp3) is 1.00. The Morgan fingerprint density at radius 1 is 1.00 bits per heavy atom. The van der Waals surface area contributed by atoms with Crippen molar-refractivity contribution in [1.82, 2.24) is 9.80 Å². The van der Waals surface area contributed by atoms with Gasteiger partial charge >= 0.3 is 0 Å². The Bertz CT molecular complexity index is 347. The second kappa shape index (κ2) is 7.16. The maximum absolute atomic E-state index is 10.5. The van der Waals surface area contributed by atoms with Gasteiger partial charge in [-0.25, -0.2) is 0 Å². The monoisotopic (exact) mass is 310 g/mol. The first-order chi connectivity index (χ1) is 10.5. The van der Waals surface area contributed by atoms with Crippen LogP contribution in [-0.2, 0) is 4.74 Å². The van der Waals surface area contributed by atoms with Crippen molar-refractivity contribution in [2.45, 2.75) is 70.7 Å². The van der Waals surface area contributed by atoms with Gasteiger partial charge in [-0.2, -0.15) is 0 Å². The van der Waals surface area contributed by atoms with Gasteiger partial charge in [-0.1, -0.05) is 19.3 Å². The fourth-order valence-electron chi connectivity index (χ4n) is 4.98. The molecule has 1 spiro atoms. The third-order valence-corrected chi connectivity index (χ3v) is 5.86. The zero-order chi connectivity index (χ0) is 15.6. The molecule has 22 heavy (non-hydrogen) atoms. The summed E-state index contributed by atoms with van der Waals surface area (Å²) in [6, 6.07) is 0. The molecule has 0 radical (unpaired) electrons. The first-order valence-electron chi connectivity index (χ1n) is 9.33. The molecule has 2 heterocycles. The van der Waals surface area contributed by atoms with E-state index in [1.54, 1.807) is 0 Å². The van der Waals surface area contributed by atoms with Crippen LogP contribution < -0.4 is 0 Å². The van der Waals surface area contributed by atoms with Crippen molar-refractivity contribution < 1.29 is 9.84 Å². The van der Waals surface area contributed by atoms with E-state index in [1.807, 2.05) is 0 Å². The van der Waals surface area contributed by atoms with E-state index in [-0.39, 0.29) is 18.3 Å². The van der Waals surface area contributed by atoms with Gasteiger partial charge in [0.2, 0.25) is 0 Å². The molecule has 2 saturated heterocycles. The van der Waals surface area contributed by atoms with E-state index in [1.165, 1.54) is 51.6 Å². The Hall–Kier alpha value is -0.160. The number of hydrogen-bond acceptors (Lipinski definition) is 4. The summed E-state index contributed by atoms with van der Waals surface area (Å²) in [6.45, 7) is 10.2. The average Bonchev–Trinajstić information content (AvgIpc) is 2.80. The van der Waals surface area contributed by atoms with Crippen molar-refractivity contribution in [2.24, 2.45) is 5.41 Å². The molecule has 3 fully saturated rings. The van der Waals surface area contributed by atoms with Gasteiger partial charge in [0.1, 0.15) is 0 Å². The second-order valence-corrected chi connectivity index (χ2v) is 8.18. The van der Waals surface area contributed by atoms with Gasteiger partial charge < -0.3 is 14.7 Å². The lowest BCUT2D eigenvalue weighted by molar-refractivity contribution is -0.0778. The number of ether oxygens (including phenoxy) is 1. The Morgan fingerprint density at radius 2 is 1.64 bits per heavy atom. The van der Waals surface area contributed by atoms with E-state index >= 15 is 0 Å². The van der Waals surface area contributed by atoms with E-state index in [0.717, 1.165) is 26.2 Å². The summed E-state index contributed by atoms with van der Waals surface area (Å²) in [4.78, 5) is 4.89. The van der Waals surface area contributed by atoms with Crippen molar-refractivity contribution in [3.63, 3.8) is 0 Å². The maximum Gasteiger partial charge on any atom is 0.0793 e. The zero-order valence-corrected chi connectivity index (χ0v) is 14.5. The lowest BCUT2D eigenvalue weighted by Crippen LogP contribution is -2.49. The molecular weight excluding hydrogens is 276 g/mol. The van der Waals surface area contributed by atoms with Gasteiger partial charge in [-0.15, -0.1) is 0 Å². The van der Waals surface area contributed by atoms with Crippen LogP contribution in [0.15, 0.2) is 0 Å². The highest BCUT2D eigenvalue weighted by Crippen LogP contribution is 2.43. The minimum absolute atomic E-state index is 0.226. The largest absolute Gasteiger partial charge is 0.390 e. The van der Waals surface area contributed by atoms with Crippen molar-refractivity contribution in [3.8, 4) is 0 Å². The maximum atomic E-state index is 10.5. The van der Waals surface area contributed by atoms with E-state index in [2.05, 4.69) is 23.6 Å². The molecule has 0 aromatic rings. The standard InChI is InChI=1S/C18H34N2O2/c1-15-10-20(11-16(2)22-15)13-17(21)12-19-9-8-18(14-19)6-4-3-5-7-18/h15-17,21H,3-14H2,1-2H3. The summed E-state index contributed by atoms with van der Waals surface area (Å²) < 4.78 is 5.77. The molecular formula is C18H34N2O2. The number of hydrogen-bond donors (Lipinski definition) is 1. The molecule has 4 nitrogen and oxygen atoms in total. The molecule has 3 unspecified atom stereocenters. The summed E-state index contributed by atoms with van der Waals surface area (Å²) in [6.07, 6.45) is 8.79. The summed E-state index contributed by atoms with van der Waals surface area (Å²) >= 11 is 0. The number of β-amino-alcohol motifs (C(OH)–C–C–N with tert-alkyl or cyclic N) is 1. The lowest BCUT2D eigenvalue weighted by Gasteiger charge is -2.37. The summed E-state index contributed by atoms with van der Waals surface area (Å²) in [5.41, 5.74) is 0.597. The predicted molar refractivity (Wildman–Crippen MR) is 89.0 cm³/mol. The number of likely N-dealkylation sites (tertiary alicyclic amines) is 1. The number of aliphatic hydroxyl groups excluding tert-OH is 1. The molecule has 4 heteroatoms. The minimum Gasteiger partial charge on any atom is -0.390 e. The molecule has 3 aliphatic rings. The van der Waals surface area contributed by atoms with Crippen LogP contribution in [0.25, 0.3) is 0 Å². The minimum atomic E-state index is -0.226. The third-order valence-electron chi connectivity index (χ3n) is 5.86. The van der Waals surface area contributed by atoms with Crippen LogP contribution in [0, 0.1) is 5.41 Å².